The molecule has 1 atom stereocenters. The summed E-state index contributed by atoms with van der Waals surface area (Å²) in [6.45, 7) is 1.82. The molecule has 90 valence electrons. The number of nitrogens with one attached hydrogen (secondary N) is 1. The van der Waals surface area contributed by atoms with Gasteiger partial charge in [0.15, 0.2) is 5.66 Å². The summed E-state index contributed by atoms with van der Waals surface area (Å²) in [6.07, 6.45) is 1.71. The molecule has 4 rings (SSSR count). The van der Waals surface area contributed by atoms with Gasteiger partial charge in [0, 0.05) is 24.2 Å². The standard InChI is InChI=1S/C14H12N2OS/c18-13-10-4-1-2-5-11(10)14(12-6-3-9-17-12)15-7-8-16(13)14/h1-6,9,15H,7-8H2. The van der Waals surface area contributed by atoms with Crippen LogP contribution < -0.4 is 5.32 Å². The van der Waals surface area contributed by atoms with Crippen LogP contribution in [0.1, 0.15) is 16.9 Å². The van der Waals surface area contributed by atoms with E-state index in [1.807, 2.05) is 18.2 Å². The first-order chi connectivity index (χ1) is 8.84. The summed E-state index contributed by atoms with van der Waals surface area (Å²) >= 11 is 5.60. The van der Waals surface area contributed by atoms with Crippen LogP contribution >= 0.6 is 12.2 Å². The van der Waals surface area contributed by atoms with Crippen molar-refractivity contribution in [3.8, 4) is 0 Å². The normalized spacial score (nSPS) is 25.3. The Morgan fingerprint density at radius 2 is 2.11 bits per heavy atom. The largest absolute Gasteiger partial charge is 0.465 e. The first-order valence-electron chi connectivity index (χ1n) is 6.04. The van der Waals surface area contributed by atoms with E-state index in [4.69, 9.17) is 16.6 Å². The van der Waals surface area contributed by atoms with Gasteiger partial charge in [0.25, 0.3) is 0 Å². The number of nitrogens with zero attached hydrogens (tertiary/aromatic N) is 1. The molecule has 18 heavy (non-hydrogen) atoms. The van der Waals surface area contributed by atoms with Gasteiger partial charge in [-0.3, -0.25) is 5.32 Å². The summed E-state index contributed by atoms with van der Waals surface area (Å²) in [5, 5.41) is 3.57. The Kier molecular flexibility index (Phi) is 1.96. The van der Waals surface area contributed by atoms with E-state index in [1.165, 1.54) is 5.56 Å². The maximum Gasteiger partial charge on any atom is 0.178 e. The van der Waals surface area contributed by atoms with Gasteiger partial charge in [0.05, 0.1) is 6.26 Å². The summed E-state index contributed by atoms with van der Waals surface area (Å²) in [5.41, 5.74) is 1.94. The third-order valence-corrected chi connectivity index (χ3v) is 4.23. The second-order valence-electron chi connectivity index (χ2n) is 4.62. The number of rotatable bonds is 1. The Labute approximate surface area is 110 Å². The van der Waals surface area contributed by atoms with E-state index in [-0.39, 0.29) is 0 Å². The predicted molar refractivity (Wildman–Crippen MR) is 72.3 cm³/mol. The van der Waals surface area contributed by atoms with Crippen LogP contribution in [-0.4, -0.2) is 23.0 Å². The smallest absolute Gasteiger partial charge is 0.178 e. The maximum atomic E-state index is 5.66. The van der Waals surface area contributed by atoms with E-state index in [1.54, 1.807) is 6.26 Å². The molecule has 0 aliphatic carbocycles. The lowest BCUT2D eigenvalue weighted by Crippen LogP contribution is -2.46. The quantitative estimate of drug-likeness (QED) is 0.791. The van der Waals surface area contributed by atoms with Gasteiger partial charge in [0.1, 0.15) is 10.7 Å². The zero-order chi connectivity index (χ0) is 12.2. The lowest BCUT2D eigenvalue weighted by Gasteiger charge is -2.31. The number of furan rings is 1. The molecule has 0 bridgehead atoms. The van der Waals surface area contributed by atoms with Gasteiger partial charge in [-0.1, -0.05) is 36.5 Å². The molecule has 4 heteroatoms. The van der Waals surface area contributed by atoms with Gasteiger partial charge in [-0.2, -0.15) is 0 Å². The fourth-order valence-electron chi connectivity index (χ4n) is 3.07. The molecule has 1 aromatic heterocycles. The molecule has 3 heterocycles. The average molecular weight is 256 g/mol. The molecule has 1 fully saturated rings. The average Bonchev–Trinajstić information content (AvgIpc) is 3.09. The Bertz CT molecular complexity index is 622. The molecule has 2 aliphatic heterocycles. The third-order valence-electron chi connectivity index (χ3n) is 3.79. The number of hydrogen-bond acceptors (Lipinski definition) is 3. The number of fused-ring (bicyclic) bond motifs is 3. The zero-order valence-corrected chi connectivity index (χ0v) is 10.5. The van der Waals surface area contributed by atoms with Gasteiger partial charge in [-0.05, 0) is 12.1 Å². The highest BCUT2D eigenvalue weighted by Gasteiger charge is 2.53. The van der Waals surface area contributed by atoms with Crippen molar-refractivity contribution in [3.63, 3.8) is 0 Å². The lowest BCUT2D eigenvalue weighted by molar-refractivity contribution is 0.230. The van der Waals surface area contributed by atoms with Crippen LogP contribution in [-0.2, 0) is 5.66 Å². The van der Waals surface area contributed by atoms with Crippen molar-refractivity contribution < 1.29 is 4.42 Å². The molecule has 0 saturated carbocycles. The van der Waals surface area contributed by atoms with E-state index >= 15 is 0 Å². The van der Waals surface area contributed by atoms with Gasteiger partial charge >= 0.3 is 0 Å². The molecule has 0 radical (unpaired) electrons. The monoisotopic (exact) mass is 256 g/mol. The Morgan fingerprint density at radius 1 is 1.22 bits per heavy atom. The molecule has 3 nitrogen and oxygen atoms in total. The van der Waals surface area contributed by atoms with Crippen LogP contribution in [0.2, 0.25) is 0 Å². The lowest BCUT2D eigenvalue weighted by atomic mass is 9.96. The Balaban J connectivity index is 2.03. The molecular formula is C14H12N2OS. The van der Waals surface area contributed by atoms with Gasteiger partial charge in [-0.15, -0.1) is 0 Å². The Hall–Kier alpha value is -1.65. The molecule has 2 aromatic rings. The third kappa shape index (κ3) is 1.05. The summed E-state index contributed by atoms with van der Waals surface area (Å²) in [6, 6.07) is 12.2. The van der Waals surface area contributed by atoms with Gasteiger partial charge < -0.3 is 9.32 Å². The second kappa shape index (κ2) is 3.43. The zero-order valence-electron chi connectivity index (χ0n) is 9.72. The van der Waals surface area contributed by atoms with Crippen LogP contribution in [0.25, 0.3) is 0 Å². The minimum atomic E-state index is -0.392. The van der Waals surface area contributed by atoms with E-state index in [2.05, 4.69) is 28.4 Å². The molecule has 1 N–H and O–H groups in total. The topological polar surface area (TPSA) is 28.4 Å². The maximum absolute atomic E-state index is 5.66. The first kappa shape index (κ1) is 10.3. The van der Waals surface area contributed by atoms with E-state index in [0.717, 1.165) is 29.4 Å². The molecule has 1 aromatic carbocycles. The molecule has 2 aliphatic rings. The van der Waals surface area contributed by atoms with Crippen LogP contribution in [0.4, 0.5) is 0 Å². The van der Waals surface area contributed by atoms with Crippen LogP contribution in [0.5, 0.6) is 0 Å². The van der Waals surface area contributed by atoms with Crippen molar-refractivity contribution in [2.24, 2.45) is 0 Å². The summed E-state index contributed by atoms with van der Waals surface area (Å²) in [7, 11) is 0. The highest BCUT2D eigenvalue weighted by atomic mass is 32.1. The minimum absolute atomic E-state index is 0.392. The van der Waals surface area contributed by atoms with Gasteiger partial charge in [0.2, 0.25) is 0 Å². The van der Waals surface area contributed by atoms with Crippen molar-refractivity contribution in [2.45, 2.75) is 5.66 Å². The first-order valence-corrected chi connectivity index (χ1v) is 6.45. The molecule has 0 amide bonds. The molecule has 1 unspecified atom stereocenters. The number of benzene rings is 1. The van der Waals surface area contributed by atoms with Crippen molar-refractivity contribution in [2.75, 3.05) is 13.1 Å². The fraction of sp³-hybridized carbons (Fsp3) is 0.214. The van der Waals surface area contributed by atoms with Crippen LogP contribution in [0, 0.1) is 0 Å². The molecular weight excluding hydrogens is 244 g/mol. The van der Waals surface area contributed by atoms with Crippen molar-refractivity contribution >= 4 is 17.2 Å². The summed E-state index contributed by atoms with van der Waals surface area (Å²) in [5.74, 6) is 0.910. The number of thiocarbonyl (C=S) groups is 1. The fourth-order valence-corrected chi connectivity index (χ4v) is 3.48. The van der Waals surface area contributed by atoms with Gasteiger partial charge in [-0.25, -0.2) is 0 Å². The van der Waals surface area contributed by atoms with E-state index < -0.39 is 5.66 Å². The molecule has 0 spiro atoms. The van der Waals surface area contributed by atoms with E-state index in [9.17, 15) is 0 Å². The highest BCUT2D eigenvalue weighted by Crippen LogP contribution is 2.44. The summed E-state index contributed by atoms with van der Waals surface area (Å²) < 4.78 is 5.66. The number of hydrogen-bond donors (Lipinski definition) is 1. The van der Waals surface area contributed by atoms with Crippen molar-refractivity contribution in [1.82, 2.24) is 10.2 Å². The summed E-state index contributed by atoms with van der Waals surface area (Å²) in [4.78, 5) is 3.14. The van der Waals surface area contributed by atoms with Crippen molar-refractivity contribution in [3.05, 3.63) is 59.5 Å². The Morgan fingerprint density at radius 3 is 2.94 bits per heavy atom. The SMILES string of the molecule is S=C1c2ccccc2C2(c3ccco3)NCCN12. The predicted octanol–water partition coefficient (Wildman–Crippen LogP) is 2.07. The highest BCUT2D eigenvalue weighted by molar-refractivity contribution is 7.80. The second-order valence-corrected chi connectivity index (χ2v) is 5.00. The van der Waals surface area contributed by atoms with Crippen LogP contribution in [0.3, 0.4) is 0 Å². The molecule has 1 saturated heterocycles. The minimum Gasteiger partial charge on any atom is -0.465 e. The van der Waals surface area contributed by atoms with Crippen LogP contribution in [0.15, 0.2) is 47.1 Å². The van der Waals surface area contributed by atoms with E-state index in [0.29, 0.717) is 0 Å². The van der Waals surface area contributed by atoms with Crippen molar-refractivity contribution in [1.29, 1.82) is 0 Å².